The minimum atomic E-state index is -1.36. The van der Waals surface area contributed by atoms with Gasteiger partial charge in [-0.2, -0.15) is 0 Å². The fraction of sp³-hybridized carbons (Fsp3) is 0.833. The molecule has 0 aromatic rings. The van der Waals surface area contributed by atoms with Crippen LogP contribution in [-0.2, 0) is 42.8 Å². The van der Waals surface area contributed by atoms with Gasteiger partial charge in [0.2, 0.25) is 0 Å². The predicted octanol–water partition coefficient (Wildman–Crippen LogP) is 19.6. The van der Waals surface area contributed by atoms with Crippen LogP contribution in [0.25, 0.3) is 0 Å². The van der Waals surface area contributed by atoms with Gasteiger partial charge in [-0.3, -0.25) is 0 Å². The standard InChI is InChI=1S/C72H131N3O12/c1-13-16-19-22-25-28-31-34-37-40-43-46-49-52-55-61(73-67(79)85-70(4,5)6)64(76)82-58-60(84-66(78)63(75-69(81)87-72(10,11)12)57-54-51-48-45-42-39-36-33-30-27-24-21-18-15-3)59-83-65(77)62(74-68(80)86-71(7,8)9)56-53-50-47-44-41-38-35-32-29-26-23-20-17-14-2/h34-39,60-63H,13-33,40-59H2,1-12H3,(H,73,79)(H,74,80)(H,75,81)/b37-34-,38-35-,39-36-/t61-,62-,63-/m0/s1. The van der Waals surface area contributed by atoms with Crippen molar-refractivity contribution in [2.24, 2.45) is 0 Å². The van der Waals surface area contributed by atoms with Gasteiger partial charge in [-0.1, -0.05) is 211 Å². The molecule has 3 amide bonds. The monoisotopic (exact) mass is 1230 g/mol. The summed E-state index contributed by atoms with van der Waals surface area (Å²) < 4.78 is 34.4. The van der Waals surface area contributed by atoms with E-state index < -0.39 is 90.4 Å². The molecule has 0 saturated carbocycles. The van der Waals surface area contributed by atoms with E-state index >= 15 is 0 Å². The van der Waals surface area contributed by atoms with Gasteiger partial charge < -0.3 is 44.4 Å². The second kappa shape index (κ2) is 53.3. The number of ether oxygens (including phenoxy) is 6. The third-order valence-corrected chi connectivity index (χ3v) is 14.5. The second-order valence-electron chi connectivity index (χ2n) is 27.0. The van der Waals surface area contributed by atoms with Gasteiger partial charge in [0, 0.05) is 0 Å². The summed E-state index contributed by atoms with van der Waals surface area (Å²) in [5, 5.41) is 8.09. The maximum absolute atomic E-state index is 14.3. The minimum Gasteiger partial charge on any atom is -0.460 e. The minimum absolute atomic E-state index is 0.229. The van der Waals surface area contributed by atoms with Crippen LogP contribution in [0.3, 0.4) is 0 Å². The molecule has 15 heteroatoms. The average molecular weight is 1230 g/mol. The van der Waals surface area contributed by atoms with Crippen molar-refractivity contribution in [3.8, 4) is 0 Å². The van der Waals surface area contributed by atoms with Gasteiger partial charge in [0.05, 0.1) is 0 Å². The van der Waals surface area contributed by atoms with Gasteiger partial charge >= 0.3 is 36.2 Å². The lowest BCUT2D eigenvalue weighted by atomic mass is 10.1. The first-order valence-electron chi connectivity index (χ1n) is 35.0. The highest BCUT2D eigenvalue weighted by molar-refractivity contribution is 5.83. The molecule has 0 saturated heterocycles. The Balaban J connectivity index is 6.40. The number of hydrogen-bond acceptors (Lipinski definition) is 12. The molecule has 0 aromatic heterocycles. The molecule has 3 atom stereocenters. The Morgan fingerprint density at radius 3 is 0.770 bits per heavy atom. The van der Waals surface area contributed by atoms with Crippen LogP contribution in [-0.4, -0.2) is 90.4 Å². The van der Waals surface area contributed by atoms with E-state index in [0.29, 0.717) is 19.3 Å². The van der Waals surface area contributed by atoms with Crippen LogP contribution < -0.4 is 16.0 Å². The molecule has 0 aliphatic rings. The lowest BCUT2D eigenvalue weighted by Gasteiger charge is -2.26. The van der Waals surface area contributed by atoms with Gasteiger partial charge in [-0.05, 0) is 159 Å². The van der Waals surface area contributed by atoms with E-state index in [9.17, 15) is 28.8 Å². The molecule has 0 fully saturated rings. The molecule has 87 heavy (non-hydrogen) atoms. The van der Waals surface area contributed by atoms with Gasteiger partial charge in [-0.15, -0.1) is 0 Å². The quantitative estimate of drug-likeness (QED) is 0.0226. The summed E-state index contributed by atoms with van der Waals surface area (Å²) in [5.74, 6) is -2.41. The molecule has 0 bridgehead atoms. The van der Waals surface area contributed by atoms with Crippen LogP contribution in [0.5, 0.6) is 0 Å². The number of unbranched alkanes of at least 4 members (excludes halogenated alkanes) is 30. The SMILES string of the molecule is CCCCCCCC/C=C\CCCCCC[C@H](NC(=O)OC(C)(C)C)C(=O)OCC(COC(=O)[C@H](CCCCCC/C=C\CCCCCCCC)NC(=O)OC(C)(C)C)OC(=O)[C@H](CCCCCC/C=C\CCCCCCCC)NC(=O)OC(C)(C)C. The Morgan fingerprint density at radius 1 is 0.310 bits per heavy atom. The van der Waals surface area contributed by atoms with Crippen molar-refractivity contribution in [2.45, 2.75) is 375 Å². The summed E-state index contributed by atoms with van der Waals surface area (Å²) in [5.41, 5.74) is -2.52. The fourth-order valence-electron chi connectivity index (χ4n) is 9.74. The normalized spacial score (nSPS) is 13.2. The van der Waals surface area contributed by atoms with Gasteiger partial charge in [0.1, 0.15) is 48.1 Å². The number of allylic oxidation sites excluding steroid dienone is 6. The molecule has 0 aliphatic heterocycles. The number of alkyl carbamates (subject to hydrolysis) is 3. The summed E-state index contributed by atoms with van der Waals surface area (Å²) in [6.07, 6.45) is 49.8. The number of carbonyl (C=O) groups is 6. The molecule has 3 N–H and O–H groups in total. The largest absolute Gasteiger partial charge is 0.460 e. The molecule has 0 rings (SSSR count). The van der Waals surface area contributed by atoms with Crippen LogP contribution in [0, 0.1) is 0 Å². The number of amides is 3. The second-order valence-corrected chi connectivity index (χ2v) is 27.0. The average Bonchev–Trinajstić information content (AvgIpc) is 3.47. The summed E-state index contributed by atoms with van der Waals surface area (Å²) in [4.78, 5) is 82.0. The van der Waals surface area contributed by atoms with Gasteiger partial charge in [0.15, 0.2) is 6.10 Å². The number of rotatable bonds is 53. The Bertz CT molecular complexity index is 1760. The Labute approximate surface area is 531 Å². The van der Waals surface area contributed by atoms with Crippen molar-refractivity contribution in [1.29, 1.82) is 0 Å². The maximum Gasteiger partial charge on any atom is 0.408 e. The lowest BCUT2D eigenvalue weighted by Crippen LogP contribution is -2.48. The Hall–Kier alpha value is -4.56. The maximum atomic E-state index is 14.3. The van der Waals surface area contributed by atoms with Crippen molar-refractivity contribution in [3.63, 3.8) is 0 Å². The van der Waals surface area contributed by atoms with Crippen molar-refractivity contribution in [3.05, 3.63) is 36.5 Å². The zero-order valence-electron chi connectivity index (χ0n) is 57.7. The summed E-state index contributed by atoms with van der Waals surface area (Å²) in [6, 6.07) is -3.35. The van der Waals surface area contributed by atoms with Crippen molar-refractivity contribution >= 4 is 36.2 Å². The number of carbonyl (C=O) groups excluding carboxylic acids is 6. The van der Waals surface area contributed by atoms with Crippen LogP contribution in [0.15, 0.2) is 36.5 Å². The van der Waals surface area contributed by atoms with E-state index in [1.165, 1.54) is 116 Å². The van der Waals surface area contributed by atoms with Gasteiger partial charge in [0.25, 0.3) is 0 Å². The Kier molecular flexibility index (Phi) is 50.5. The summed E-state index contributed by atoms with van der Waals surface area (Å²) in [7, 11) is 0. The molecular weight excluding hydrogens is 1100 g/mol. The molecule has 0 aromatic carbocycles. The summed E-state index contributed by atoms with van der Waals surface area (Å²) in [6.45, 7) is 21.2. The van der Waals surface area contributed by atoms with E-state index in [1.807, 2.05) is 0 Å². The number of esters is 3. The number of hydrogen-bond donors (Lipinski definition) is 3. The molecule has 0 unspecified atom stereocenters. The molecule has 0 radical (unpaired) electrons. The van der Waals surface area contributed by atoms with E-state index in [1.54, 1.807) is 62.3 Å². The van der Waals surface area contributed by atoms with E-state index in [2.05, 4.69) is 73.2 Å². The Morgan fingerprint density at radius 2 is 0.529 bits per heavy atom. The van der Waals surface area contributed by atoms with E-state index in [4.69, 9.17) is 28.4 Å². The van der Waals surface area contributed by atoms with Gasteiger partial charge in [-0.25, -0.2) is 28.8 Å². The highest BCUT2D eigenvalue weighted by atomic mass is 16.6. The molecule has 0 spiro atoms. The topological polar surface area (TPSA) is 194 Å². The van der Waals surface area contributed by atoms with Crippen molar-refractivity contribution in [2.75, 3.05) is 13.2 Å². The highest BCUT2D eigenvalue weighted by Gasteiger charge is 2.32. The molecular formula is C72H131N3O12. The predicted molar refractivity (Wildman–Crippen MR) is 356 cm³/mol. The van der Waals surface area contributed by atoms with Crippen molar-refractivity contribution in [1.82, 2.24) is 16.0 Å². The van der Waals surface area contributed by atoms with Crippen LogP contribution >= 0.6 is 0 Å². The van der Waals surface area contributed by atoms with Crippen LogP contribution in [0.2, 0.25) is 0 Å². The molecule has 15 nitrogen and oxygen atoms in total. The third-order valence-electron chi connectivity index (χ3n) is 14.5. The highest BCUT2D eigenvalue weighted by Crippen LogP contribution is 2.18. The molecule has 0 heterocycles. The molecule has 0 aliphatic carbocycles. The van der Waals surface area contributed by atoms with E-state index in [0.717, 1.165) is 96.3 Å². The number of nitrogens with one attached hydrogen (secondary N) is 3. The first-order valence-corrected chi connectivity index (χ1v) is 35.0. The van der Waals surface area contributed by atoms with Crippen LogP contribution in [0.1, 0.15) is 333 Å². The lowest BCUT2D eigenvalue weighted by molar-refractivity contribution is -0.169. The fourth-order valence-corrected chi connectivity index (χ4v) is 9.74. The van der Waals surface area contributed by atoms with Crippen molar-refractivity contribution < 1.29 is 57.2 Å². The zero-order valence-corrected chi connectivity index (χ0v) is 57.7. The first kappa shape index (κ1) is 82.4. The summed E-state index contributed by atoms with van der Waals surface area (Å²) >= 11 is 0. The van der Waals surface area contributed by atoms with Crippen LogP contribution in [0.4, 0.5) is 14.4 Å². The first-order chi connectivity index (χ1) is 41.5. The zero-order chi connectivity index (χ0) is 64.9. The molecule has 506 valence electrons. The van der Waals surface area contributed by atoms with E-state index in [-0.39, 0.29) is 19.3 Å². The smallest absolute Gasteiger partial charge is 0.408 e. The third kappa shape index (κ3) is 55.3.